The number of non-ortho nitro benzene ring substituents is 1. The predicted molar refractivity (Wildman–Crippen MR) is 121 cm³/mol. The zero-order chi connectivity index (χ0) is 27.7. The Morgan fingerprint density at radius 1 is 0.973 bits per heavy atom. The number of nitro groups is 1. The molecule has 16 nitrogen and oxygen atoms in total. The van der Waals surface area contributed by atoms with Crippen LogP contribution < -0.4 is 10.6 Å². The normalized spacial score (nSPS) is 21.6. The van der Waals surface area contributed by atoms with Gasteiger partial charge in [0.05, 0.1) is 4.92 Å². The Morgan fingerprint density at radius 3 is 2.08 bits per heavy atom. The summed E-state index contributed by atoms with van der Waals surface area (Å²) in [6.45, 7) is 3.92. The Bertz CT molecular complexity index is 1090. The quantitative estimate of drug-likeness (QED) is 0.159. The van der Waals surface area contributed by atoms with Gasteiger partial charge in [-0.1, -0.05) is 0 Å². The fraction of sp³-hybridized carbons (Fsp3) is 0.429. The van der Waals surface area contributed by atoms with Crippen LogP contribution in [-0.2, 0) is 43.0 Å². The van der Waals surface area contributed by atoms with Gasteiger partial charge in [0, 0.05) is 45.5 Å². The first kappa shape index (κ1) is 28.5. The van der Waals surface area contributed by atoms with E-state index in [0.29, 0.717) is 0 Å². The summed E-state index contributed by atoms with van der Waals surface area (Å²) in [5.74, 6) is -3.41. The van der Waals surface area contributed by atoms with Crippen LogP contribution in [0.4, 0.5) is 16.2 Å². The Hall–Kier alpha value is -4.76. The summed E-state index contributed by atoms with van der Waals surface area (Å²) in [5.41, 5.74) is -0.0650. The van der Waals surface area contributed by atoms with E-state index in [1.54, 1.807) is 0 Å². The van der Waals surface area contributed by atoms with E-state index in [1.807, 2.05) is 0 Å². The van der Waals surface area contributed by atoms with Gasteiger partial charge < -0.3 is 24.3 Å². The lowest BCUT2D eigenvalue weighted by atomic mass is 9.96. The highest BCUT2D eigenvalue weighted by atomic mass is 16.7. The molecule has 0 spiro atoms. The smallest absolute Gasteiger partial charge is 0.437 e. The first-order valence-electron chi connectivity index (χ1n) is 10.6. The van der Waals surface area contributed by atoms with Gasteiger partial charge >= 0.3 is 24.0 Å². The lowest BCUT2D eigenvalue weighted by molar-refractivity contribution is -0.384. The molecule has 0 radical (unpaired) electrons. The van der Waals surface area contributed by atoms with Crippen LogP contribution in [0.15, 0.2) is 29.4 Å². The molecule has 37 heavy (non-hydrogen) atoms. The fourth-order valence-electron chi connectivity index (χ4n) is 3.16. The molecule has 0 aromatic heterocycles. The Labute approximate surface area is 209 Å². The van der Waals surface area contributed by atoms with Crippen molar-refractivity contribution < 1.29 is 52.7 Å². The van der Waals surface area contributed by atoms with Crippen molar-refractivity contribution >= 4 is 47.2 Å². The molecule has 1 heterocycles. The van der Waals surface area contributed by atoms with E-state index in [0.717, 1.165) is 39.8 Å². The summed E-state index contributed by atoms with van der Waals surface area (Å²) in [5, 5.41) is 19.0. The van der Waals surface area contributed by atoms with E-state index >= 15 is 0 Å². The minimum absolute atomic E-state index is 0.138. The largest absolute Gasteiger partial charge is 0.466 e. The number of oxime groups is 1. The van der Waals surface area contributed by atoms with Gasteiger partial charge in [-0.25, -0.2) is 4.79 Å². The summed E-state index contributed by atoms with van der Waals surface area (Å²) in [6.07, 6.45) is -5.19. The van der Waals surface area contributed by atoms with Crippen molar-refractivity contribution in [3.8, 4) is 0 Å². The number of amides is 2. The van der Waals surface area contributed by atoms with Gasteiger partial charge in [0.2, 0.25) is 5.91 Å². The molecule has 2 amide bonds. The topological polar surface area (TPSA) is 211 Å². The number of ether oxygens (including phenoxy) is 4. The number of rotatable bonds is 8. The summed E-state index contributed by atoms with van der Waals surface area (Å²) in [4.78, 5) is 73.9. The third-order valence-corrected chi connectivity index (χ3v) is 4.51. The van der Waals surface area contributed by atoms with Crippen molar-refractivity contribution in [3.63, 3.8) is 0 Å². The highest BCUT2D eigenvalue weighted by molar-refractivity contribution is 5.90. The molecule has 1 saturated heterocycles. The minimum atomic E-state index is -1.42. The molecular formula is C21H24N4O12. The average Bonchev–Trinajstić information content (AvgIpc) is 2.79. The second kappa shape index (κ2) is 12.8. The number of hydrogen-bond donors (Lipinski definition) is 2. The number of nitrogens with zero attached hydrogens (tertiary/aromatic N) is 2. The van der Waals surface area contributed by atoms with E-state index in [-0.39, 0.29) is 11.4 Å². The first-order valence-corrected chi connectivity index (χ1v) is 10.6. The Kier molecular flexibility index (Phi) is 9.85. The second-order valence-electron chi connectivity index (χ2n) is 7.52. The van der Waals surface area contributed by atoms with E-state index in [9.17, 15) is 34.1 Å². The number of hydrogen-bond acceptors (Lipinski definition) is 13. The van der Waals surface area contributed by atoms with Gasteiger partial charge in [0.25, 0.3) is 11.6 Å². The van der Waals surface area contributed by atoms with E-state index < -0.39 is 71.7 Å². The average molecular weight is 524 g/mol. The van der Waals surface area contributed by atoms with E-state index in [4.69, 9.17) is 23.8 Å². The number of esters is 3. The maximum atomic E-state index is 12.2. The molecule has 4 atom stereocenters. The van der Waals surface area contributed by atoms with Gasteiger partial charge in [0.15, 0.2) is 18.3 Å². The molecule has 200 valence electrons. The highest BCUT2D eigenvalue weighted by Crippen LogP contribution is 2.25. The van der Waals surface area contributed by atoms with Gasteiger partial charge in [-0.2, -0.15) is 0 Å². The molecular weight excluding hydrogens is 500 g/mol. The van der Waals surface area contributed by atoms with Gasteiger partial charge in [-0.15, -0.1) is 0 Å². The van der Waals surface area contributed by atoms with E-state index in [2.05, 4.69) is 15.8 Å². The van der Waals surface area contributed by atoms with E-state index in [1.165, 1.54) is 12.1 Å². The Morgan fingerprint density at radius 2 is 1.57 bits per heavy atom. The van der Waals surface area contributed by atoms with Crippen LogP contribution in [0.2, 0.25) is 0 Å². The molecule has 1 fully saturated rings. The van der Waals surface area contributed by atoms with Crippen LogP contribution in [0.3, 0.4) is 0 Å². The molecule has 0 aliphatic carbocycles. The van der Waals surface area contributed by atoms with Crippen LogP contribution in [0.25, 0.3) is 0 Å². The van der Waals surface area contributed by atoms with Crippen molar-refractivity contribution in [2.45, 2.75) is 52.0 Å². The fourth-order valence-corrected chi connectivity index (χ4v) is 3.16. The molecule has 1 aliphatic heterocycles. The molecule has 2 N–H and O–H groups in total. The zero-order valence-corrected chi connectivity index (χ0v) is 20.1. The minimum Gasteiger partial charge on any atom is -0.466 e. The third-order valence-electron chi connectivity index (χ3n) is 4.51. The maximum Gasteiger partial charge on any atom is 0.437 e. The van der Waals surface area contributed by atoms with Crippen LogP contribution in [0, 0.1) is 10.1 Å². The van der Waals surface area contributed by atoms with Crippen molar-refractivity contribution in [1.29, 1.82) is 0 Å². The van der Waals surface area contributed by atoms with Crippen molar-refractivity contribution in [1.82, 2.24) is 5.32 Å². The SMILES string of the molecule is CC(=O)NC1/C(=N/OC(=O)Nc2ccc([N+](=O)[O-])cc2)OC(COC(C)=O)[C@H](OC(C)=O)C1OC(C)=O. The predicted octanol–water partition coefficient (Wildman–Crippen LogP) is 0.787. The number of anilines is 1. The maximum absolute atomic E-state index is 12.2. The standard InChI is InChI=1S/C21H24N4O12/c1-10(26)22-17-19(35-13(4)29)18(34-12(3)28)16(9-33-11(2)27)36-20(17)24-37-21(30)23-14-5-7-15(8-6-14)25(31)32/h5-8,16-19H,9H2,1-4H3,(H,22,26)(H,23,30)/b24-20-/t16?,17?,18-,19?/m0/s1. The van der Waals surface area contributed by atoms with Crippen LogP contribution in [0.1, 0.15) is 27.7 Å². The van der Waals surface area contributed by atoms with Gasteiger partial charge in [-0.05, 0) is 17.3 Å². The van der Waals surface area contributed by atoms with Crippen LogP contribution in [0.5, 0.6) is 0 Å². The molecule has 16 heteroatoms. The van der Waals surface area contributed by atoms with Crippen LogP contribution in [-0.4, -0.2) is 71.7 Å². The molecule has 0 saturated carbocycles. The molecule has 1 aliphatic rings. The summed E-state index contributed by atoms with van der Waals surface area (Å²) < 4.78 is 21.1. The number of nitrogens with one attached hydrogen (secondary N) is 2. The molecule has 0 bridgehead atoms. The number of carbonyl (C=O) groups excluding carboxylic acids is 5. The molecule has 3 unspecified atom stereocenters. The number of carbonyl (C=O) groups is 5. The molecule has 2 rings (SSSR count). The second-order valence-corrected chi connectivity index (χ2v) is 7.52. The first-order chi connectivity index (χ1) is 17.4. The van der Waals surface area contributed by atoms with Gasteiger partial charge in [-0.3, -0.25) is 39.4 Å². The molecule has 1 aromatic rings. The van der Waals surface area contributed by atoms with Crippen LogP contribution >= 0.6 is 0 Å². The van der Waals surface area contributed by atoms with Gasteiger partial charge in [0.1, 0.15) is 12.6 Å². The summed E-state index contributed by atoms with van der Waals surface area (Å²) in [6, 6.07) is 3.42. The summed E-state index contributed by atoms with van der Waals surface area (Å²) >= 11 is 0. The number of nitro benzene ring substituents is 1. The number of benzene rings is 1. The third kappa shape index (κ3) is 8.75. The van der Waals surface area contributed by atoms with Crippen molar-refractivity contribution in [2.24, 2.45) is 5.16 Å². The van der Waals surface area contributed by atoms with Crippen molar-refractivity contribution in [3.05, 3.63) is 34.4 Å². The van der Waals surface area contributed by atoms with Crippen molar-refractivity contribution in [2.75, 3.05) is 11.9 Å². The highest BCUT2D eigenvalue weighted by Gasteiger charge is 2.50. The lowest BCUT2D eigenvalue weighted by Gasteiger charge is -2.41. The monoisotopic (exact) mass is 524 g/mol. The Balaban J connectivity index is 2.34. The molecule has 1 aromatic carbocycles. The summed E-state index contributed by atoms with van der Waals surface area (Å²) in [7, 11) is 0. The zero-order valence-electron chi connectivity index (χ0n) is 20.1. The lowest BCUT2D eigenvalue weighted by Crippen LogP contribution is -2.64.